The van der Waals surface area contributed by atoms with Crippen molar-refractivity contribution >= 4 is 10.9 Å². The lowest BCUT2D eigenvalue weighted by molar-refractivity contribution is 0.106. The first-order chi connectivity index (χ1) is 13.3. The van der Waals surface area contributed by atoms with Crippen molar-refractivity contribution in [3.8, 4) is 5.75 Å². The number of hydrogen-bond donors (Lipinski definition) is 3. The molecule has 0 saturated carbocycles. The predicted octanol–water partition coefficient (Wildman–Crippen LogP) is 4.08. The van der Waals surface area contributed by atoms with Crippen molar-refractivity contribution in [2.75, 3.05) is 19.7 Å². The van der Waals surface area contributed by atoms with Crippen molar-refractivity contribution < 1.29 is 9.84 Å². The van der Waals surface area contributed by atoms with Crippen LogP contribution in [-0.2, 0) is 12.8 Å². The molecule has 0 aliphatic rings. The molecule has 1 heterocycles. The number of fused-ring (bicyclic) bond motifs is 1. The van der Waals surface area contributed by atoms with E-state index in [9.17, 15) is 5.11 Å². The second kappa shape index (κ2) is 10.1. The lowest BCUT2D eigenvalue weighted by Crippen LogP contribution is -2.31. The Labute approximate surface area is 161 Å². The summed E-state index contributed by atoms with van der Waals surface area (Å²) in [6, 6.07) is 16.7. The van der Waals surface area contributed by atoms with Gasteiger partial charge >= 0.3 is 0 Å². The van der Waals surface area contributed by atoms with Crippen LogP contribution in [0.3, 0.4) is 0 Å². The van der Waals surface area contributed by atoms with E-state index in [2.05, 4.69) is 47.6 Å². The minimum absolute atomic E-state index is 0.316. The number of aliphatic hydroxyl groups is 1. The summed E-state index contributed by atoms with van der Waals surface area (Å²) in [5, 5.41) is 14.6. The number of aromatic amines is 1. The van der Waals surface area contributed by atoms with Crippen LogP contribution in [-0.4, -0.2) is 35.9 Å². The normalized spacial score (nSPS) is 12.4. The first-order valence-corrected chi connectivity index (χ1v) is 9.92. The van der Waals surface area contributed by atoms with Gasteiger partial charge in [0.1, 0.15) is 18.5 Å². The molecular formula is C23H30N2O2. The number of para-hydroxylation sites is 1. The van der Waals surface area contributed by atoms with E-state index in [1.807, 2.05) is 24.4 Å². The van der Waals surface area contributed by atoms with E-state index >= 15 is 0 Å². The van der Waals surface area contributed by atoms with Crippen LogP contribution in [0, 0.1) is 0 Å². The first kappa shape index (κ1) is 19.5. The zero-order valence-corrected chi connectivity index (χ0v) is 16.1. The van der Waals surface area contributed by atoms with Gasteiger partial charge < -0.3 is 20.1 Å². The van der Waals surface area contributed by atoms with Gasteiger partial charge in [0, 0.05) is 23.6 Å². The standard InChI is InChI=1S/C23H30N2O2/c1-2-14-24-16-20(26)17-27-23-12-4-3-7-19(23)10-5-8-18-9-6-11-22-21(18)13-15-25-22/h3-4,6-7,9,11-13,15,20,24-26H,2,5,8,10,14,16-17H2,1H3/t20-/m1/s1. The molecule has 3 aromatic rings. The third-order valence-corrected chi connectivity index (χ3v) is 4.79. The highest BCUT2D eigenvalue weighted by molar-refractivity contribution is 5.82. The Balaban J connectivity index is 1.52. The van der Waals surface area contributed by atoms with E-state index < -0.39 is 6.10 Å². The average Bonchev–Trinajstić information content (AvgIpc) is 3.17. The van der Waals surface area contributed by atoms with Gasteiger partial charge in [0.15, 0.2) is 0 Å². The van der Waals surface area contributed by atoms with Crippen molar-refractivity contribution in [1.29, 1.82) is 0 Å². The molecular weight excluding hydrogens is 336 g/mol. The van der Waals surface area contributed by atoms with E-state index in [4.69, 9.17) is 4.74 Å². The van der Waals surface area contributed by atoms with Crippen LogP contribution < -0.4 is 10.1 Å². The quantitative estimate of drug-likeness (QED) is 0.448. The highest BCUT2D eigenvalue weighted by atomic mass is 16.5. The van der Waals surface area contributed by atoms with Gasteiger partial charge in [-0.2, -0.15) is 0 Å². The van der Waals surface area contributed by atoms with Crippen molar-refractivity contribution in [3.05, 3.63) is 65.9 Å². The smallest absolute Gasteiger partial charge is 0.122 e. The summed E-state index contributed by atoms with van der Waals surface area (Å²) in [5.74, 6) is 0.881. The molecule has 27 heavy (non-hydrogen) atoms. The molecule has 3 rings (SSSR count). The Morgan fingerprint density at radius 2 is 1.85 bits per heavy atom. The molecule has 0 bridgehead atoms. The second-order valence-electron chi connectivity index (χ2n) is 6.99. The molecule has 0 saturated heterocycles. The van der Waals surface area contributed by atoms with E-state index in [0.29, 0.717) is 13.2 Å². The molecule has 144 valence electrons. The van der Waals surface area contributed by atoms with Crippen molar-refractivity contribution in [1.82, 2.24) is 10.3 Å². The highest BCUT2D eigenvalue weighted by Crippen LogP contribution is 2.23. The molecule has 3 N–H and O–H groups in total. The Hall–Kier alpha value is -2.30. The molecule has 0 aliphatic heterocycles. The van der Waals surface area contributed by atoms with Crippen LogP contribution in [0.5, 0.6) is 5.75 Å². The van der Waals surface area contributed by atoms with Gasteiger partial charge in [-0.1, -0.05) is 37.3 Å². The van der Waals surface area contributed by atoms with Crippen LogP contribution in [0.2, 0.25) is 0 Å². The number of rotatable bonds is 11. The van der Waals surface area contributed by atoms with Gasteiger partial charge in [-0.25, -0.2) is 0 Å². The SMILES string of the molecule is CCCNC[C@@H](O)COc1ccccc1CCCc1cccc2[nH]ccc12. The van der Waals surface area contributed by atoms with Crippen molar-refractivity contribution in [2.24, 2.45) is 0 Å². The highest BCUT2D eigenvalue weighted by Gasteiger charge is 2.08. The fourth-order valence-electron chi connectivity index (χ4n) is 3.38. The minimum atomic E-state index is -0.490. The largest absolute Gasteiger partial charge is 0.491 e. The maximum atomic E-state index is 10.0. The maximum Gasteiger partial charge on any atom is 0.122 e. The number of aryl methyl sites for hydroxylation is 2. The van der Waals surface area contributed by atoms with Gasteiger partial charge in [0.05, 0.1) is 0 Å². The van der Waals surface area contributed by atoms with E-state index in [1.165, 1.54) is 22.0 Å². The summed E-state index contributed by atoms with van der Waals surface area (Å²) in [6.45, 7) is 3.91. The average molecular weight is 367 g/mol. The third kappa shape index (κ3) is 5.59. The fourth-order valence-corrected chi connectivity index (χ4v) is 3.38. The fraction of sp³-hybridized carbons (Fsp3) is 0.391. The number of aromatic nitrogens is 1. The maximum absolute atomic E-state index is 10.0. The summed E-state index contributed by atoms with van der Waals surface area (Å²) in [6.07, 6.45) is 5.63. The van der Waals surface area contributed by atoms with E-state index in [1.54, 1.807) is 0 Å². The summed E-state index contributed by atoms with van der Waals surface area (Å²) in [4.78, 5) is 3.27. The summed E-state index contributed by atoms with van der Waals surface area (Å²) >= 11 is 0. The number of ether oxygens (including phenoxy) is 1. The molecule has 0 fully saturated rings. The molecule has 0 radical (unpaired) electrons. The Bertz CT molecular complexity index is 828. The Morgan fingerprint density at radius 1 is 1.04 bits per heavy atom. The lowest BCUT2D eigenvalue weighted by Gasteiger charge is -2.15. The van der Waals surface area contributed by atoms with Crippen LogP contribution in [0.1, 0.15) is 30.9 Å². The van der Waals surface area contributed by atoms with Gasteiger partial charge in [0.2, 0.25) is 0 Å². The monoisotopic (exact) mass is 366 g/mol. The van der Waals surface area contributed by atoms with Gasteiger partial charge in [-0.3, -0.25) is 0 Å². The number of benzene rings is 2. The molecule has 2 aromatic carbocycles. The molecule has 1 atom stereocenters. The van der Waals surface area contributed by atoms with Crippen molar-refractivity contribution in [3.63, 3.8) is 0 Å². The molecule has 4 heteroatoms. The van der Waals surface area contributed by atoms with Crippen molar-refractivity contribution in [2.45, 2.75) is 38.7 Å². The summed E-state index contributed by atoms with van der Waals surface area (Å²) < 4.78 is 5.90. The Kier molecular flexibility index (Phi) is 7.31. The molecule has 0 aliphatic carbocycles. The third-order valence-electron chi connectivity index (χ3n) is 4.79. The molecule has 1 aromatic heterocycles. The zero-order valence-electron chi connectivity index (χ0n) is 16.1. The van der Waals surface area contributed by atoms with E-state index in [0.717, 1.165) is 38.0 Å². The topological polar surface area (TPSA) is 57.3 Å². The van der Waals surface area contributed by atoms with Gasteiger partial charge in [-0.15, -0.1) is 0 Å². The Morgan fingerprint density at radius 3 is 2.74 bits per heavy atom. The zero-order chi connectivity index (χ0) is 18.9. The number of aliphatic hydroxyl groups excluding tert-OH is 1. The van der Waals surface area contributed by atoms with Crippen LogP contribution >= 0.6 is 0 Å². The number of nitrogens with one attached hydrogen (secondary N) is 2. The second-order valence-corrected chi connectivity index (χ2v) is 6.99. The number of hydrogen-bond acceptors (Lipinski definition) is 3. The summed E-state index contributed by atoms with van der Waals surface area (Å²) in [5.41, 5.74) is 3.78. The summed E-state index contributed by atoms with van der Waals surface area (Å²) in [7, 11) is 0. The van der Waals surface area contributed by atoms with Gasteiger partial charge in [0.25, 0.3) is 0 Å². The molecule has 0 unspecified atom stereocenters. The molecule has 4 nitrogen and oxygen atoms in total. The predicted molar refractivity (Wildman–Crippen MR) is 111 cm³/mol. The minimum Gasteiger partial charge on any atom is -0.491 e. The van der Waals surface area contributed by atoms with E-state index in [-0.39, 0.29) is 0 Å². The van der Waals surface area contributed by atoms with Gasteiger partial charge in [-0.05, 0) is 61.6 Å². The molecule has 0 amide bonds. The van der Waals surface area contributed by atoms with Crippen LogP contribution in [0.4, 0.5) is 0 Å². The van der Waals surface area contributed by atoms with Crippen LogP contribution in [0.25, 0.3) is 10.9 Å². The first-order valence-electron chi connectivity index (χ1n) is 9.92. The van der Waals surface area contributed by atoms with Crippen LogP contribution in [0.15, 0.2) is 54.7 Å². The lowest BCUT2D eigenvalue weighted by atomic mass is 10.0. The number of H-pyrrole nitrogens is 1. The molecule has 0 spiro atoms.